The fourth-order valence-corrected chi connectivity index (χ4v) is 6.48. The normalized spacial score (nSPS) is 42.3. The quantitative estimate of drug-likeness (QED) is 0.523. The zero-order valence-corrected chi connectivity index (χ0v) is 15.7. The van der Waals surface area contributed by atoms with Gasteiger partial charge in [0.1, 0.15) is 6.04 Å². The van der Waals surface area contributed by atoms with Gasteiger partial charge < -0.3 is 15.5 Å². The second kappa shape index (κ2) is 5.79. The SMILES string of the molecule is O=C(NC[C@@H]1C2CNCC3CCC321)C1CC[C@@H]2CN1C(=O)N2OS(=O)(=O)O. The van der Waals surface area contributed by atoms with Gasteiger partial charge in [0.15, 0.2) is 0 Å². The van der Waals surface area contributed by atoms with Crippen LogP contribution in [0.15, 0.2) is 0 Å². The van der Waals surface area contributed by atoms with Crippen molar-refractivity contribution in [2.75, 3.05) is 26.2 Å². The van der Waals surface area contributed by atoms with E-state index >= 15 is 0 Å². The van der Waals surface area contributed by atoms with Crippen molar-refractivity contribution in [2.45, 2.75) is 37.8 Å². The summed E-state index contributed by atoms with van der Waals surface area (Å²) in [5.74, 6) is 1.70. The van der Waals surface area contributed by atoms with Crippen molar-refractivity contribution in [2.24, 2.45) is 23.2 Å². The van der Waals surface area contributed by atoms with Gasteiger partial charge in [-0.3, -0.25) is 9.35 Å². The number of hydrogen-bond donors (Lipinski definition) is 3. The smallest absolute Gasteiger partial charge is 0.354 e. The van der Waals surface area contributed by atoms with Crippen LogP contribution in [-0.4, -0.2) is 73.1 Å². The number of nitrogens with zero attached hydrogens (tertiary/aromatic N) is 2. The summed E-state index contributed by atoms with van der Waals surface area (Å²) in [7, 11) is -4.78. The highest BCUT2D eigenvalue weighted by molar-refractivity contribution is 7.80. The van der Waals surface area contributed by atoms with E-state index in [1.807, 2.05) is 0 Å². The number of carbonyl (C=O) groups is 2. The van der Waals surface area contributed by atoms with Crippen LogP contribution in [0.2, 0.25) is 0 Å². The summed E-state index contributed by atoms with van der Waals surface area (Å²) in [6, 6.07) is -1.80. The molecule has 3 amide bonds. The summed E-state index contributed by atoms with van der Waals surface area (Å²) in [6.07, 6.45) is 3.40. The molecule has 0 aromatic rings. The average Bonchev–Trinajstić information content (AvgIpc) is 3.23. The van der Waals surface area contributed by atoms with Gasteiger partial charge in [-0.2, -0.15) is 13.5 Å². The summed E-state index contributed by atoms with van der Waals surface area (Å²) in [4.78, 5) is 26.5. The largest absolute Gasteiger partial charge is 0.418 e. The number of rotatable bonds is 5. The number of carbonyl (C=O) groups excluding carboxylic acids is 2. The summed E-state index contributed by atoms with van der Waals surface area (Å²) < 4.78 is 35.1. The van der Waals surface area contributed by atoms with E-state index in [0.717, 1.165) is 19.0 Å². The number of urea groups is 1. The Balaban J connectivity index is 1.20. The Kier molecular flexibility index (Phi) is 3.78. The predicted octanol–water partition coefficient (Wildman–Crippen LogP) is -0.649. The van der Waals surface area contributed by atoms with Gasteiger partial charge >= 0.3 is 16.4 Å². The summed E-state index contributed by atoms with van der Waals surface area (Å²) in [6.45, 7) is 2.95. The lowest BCUT2D eigenvalue weighted by atomic mass is 9.66. The van der Waals surface area contributed by atoms with Gasteiger partial charge in [-0.05, 0) is 61.9 Å². The van der Waals surface area contributed by atoms with Gasteiger partial charge in [0.25, 0.3) is 0 Å². The average molecular weight is 400 g/mol. The Morgan fingerprint density at radius 1 is 1.33 bits per heavy atom. The van der Waals surface area contributed by atoms with E-state index in [-0.39, 0.29) is 12.5 Å². The number of amides is 3. The number of nitrogens with one attached hydrogen (secondary N) is 2. The number of hydrogen-bond acceptors (Lipinski definition) is 6. The molecule has 5 fully saturated rings. The first-order chi connectivity index (χ1) is 12.8. The molecule has 0 aromatic heterocycles. The third kappa shape index (κ3) is 2.59. The molecule has 2 saturated carbocycles. The van der Waals surface area contributed by atoms with E-state index in [4.69, 9.17) is 4.55 Å². The van der Waals surface area contributed by atoms with Crippen LogP contribution < -0.4 is 10.6 Å². The zero-order valence-electron chi connectivity index (χ0n) is 14.8. The Morgan fingerprint density at radius 3 is 2.81 bits per heavy atom. The fraction of sp³-hybridized carbons (Fsp3) is 0.875. The van der Waals surface area contributed by atoms with Crippen molar-refractivity contribution in [1.82, 2.24) is 20.6 Å². The molecule has 11 heteroatoms. The molecule has 10 nitrogen and oxygen atoms in total. The number of piperidine rings is 2. The van der Waals surface area contributed by atoms with E-state index in [0.29, 0.717) is 41.7 Å². The molecule has 0 radical (unpaired) electrons. The molecule has 3 heterocycles. The van der Waals surface area contributed by atoms with Crippen LogP contribution in [0.25, 0.3) is 0 Å². The van der Waals surface area contributed by atoms with E-state index in [1.165, 1.54) is 17.7 Å². The van der Waals surface area contributed by atoms with Crippen molar-refractivity contribution in [1.29, 1.82) is 0 Å². The van der Waals surface area contributed by atoms with E-state index in [2.05, 4.69) is 14.9 Å². The van der Waals surface area contributed by atoms with Crippen LogP contribution in [0.5, 0.6) is 0 Å². The van der Waals surface area contributed by atoms with Crippen molar-refractivity contribution in [3.63, 3.8) is 0 Å². The zero-order chi connectivity index (χ0) is 19.0. The third-order valence-corrected chi connectivity index (χ3v) is 7.84. The molecule has 2 aliphatic carbocycles. The Labute approximate surface area is 157 Å². The summed E-state index contributed by atoms with van der Waals surface area (Å²) in [5.41, 5.74) is 0.430. The third-order valence-electron chi connectivity index (χ3n) is 7.49. The van der Waals surface area contributed by atoms with Crippen LogP contribution in [0, 0.1) is 23.2 Å². The highest BCUT2D eigenvalue weighted by atomic mass is 32.3. The molecule has 27 heavy (non-hydrogen) atoms. The maximum Gasteiger partial charge on any atom is 0.418 e. The van der Waals surface area contributed by atoms with Gasteiger partial charge in [0.05, 0.1) is 6.04 Å². The molecule has 3 aliphatic heterocycles. The summed E-state index contributed by atoms with van der Waals surface area (Å²) in [5, 5.41) is 7.18. The molecular formula is C16H24N4O6S. The molecule has 1 spiro atoms. The minimum atomic E-state index is -4.78. The first-order valence-corrected chi connectivity index (χ1v) is 10.9. The molecule has 0 aromatic carbocycles. The van der Waals surface area contributed by atoms with Gasteiger partial charge in [-0.25, -0.2) is 4.79 Å². The van der Waals surface area contributed by atoms with Gasteiger partial charge in [-0.15, -0.1) is 4.28 Å². The minimum absolute atomic E-state index is 0.195. The van der Waals surface area contributed by atoms with E-state index < -0.39 is 28.5 Å². The molecule has 3 N–H and O–H groups in total. The highest BCUT2D eigenvalue weighted by Gasteiger charge is 2.72. The number of fused-ring (bicyclic) bond motifs is 2. The molecule has 3 saturated heterocycles. The van der Waals surface area contributed by atoms with Crippen LogP contribution in [0.1, 0.15) is 25.7 Å². The Morgan fingerprint density at radius 2 is 2.15 bits per heavy atom. The number of hydroxylamine groups is 2. The van der Waals surface area contributed by atoms with Gasteiger partial charge in [0.2, 0.25) is 5.91 Å². The van der Waals surface area contributed by atoms with Gasteiger partial charge in [0, 0.05) is 13.1 Å². The van der Waals surface area contributed by atoms with E-state index in [1.54, 1.807) is 0 Å². The van der Waals surface area contributed by atoms with Crippen LogP contribution in [-0.2, 0) is 19.5 Å². The van der Waals surface area contributed by atoms with Crippen molar-refractivity contribution in [3.05, 3.63) is 0 Å². The first kappa shape index (κ1) is 17.7. The lowest BCUT2D eigenvalue weighted by molar-refractivity contribution is -0.126. The van der Waals surface area contributed by atoms with Crippen molar-refractivity contribution in [3.8, 4) is 0 Å². The predicted molar refractivity (Wildman–Crippen MR) is 91.4 cm³/mol. The molecule has 2 bridgehead atoms. The molecule has 6 atom stereocenters. The topological polar surface area (TPSA) is 128 Å². The second-order valence-electron chi connectivity index (χ2n) is 8.47. The maximum atomic E-state index is 12.7. The van der Waals surface area contributed by atoms with Crippen molar-refractivity contribution < 1.29 is 26.8 Å². The summed E-state index contributed by atoms with van der Waals surface area (Å²) >= 11 is 0. The lowest BCUT2D eigenvalue weighted by Gasteiger charge is -2.42. The standard InChI is InChI=1S/C16H24N4O6S/c21-14(18-7-12-11-6-17-5-9-3-4-16(9,11)12)13-2-1-10-8-19(13)15(22)20(10)26-27(23,24)25/h9-13,17H,1-8H2,(H,18,21)(H,23,24,25)/t9?,10-,11?,12-,13?,16?/m1/s1. The van der Waals surface area contributed by atoms with Crippen LogP contribution in [0.4, 0.5) is 4.79 Å². The fourth-order valence-electron chi connectivity index (χ4n) is 6.09. The molecular weight excluding hydrogens is 376 g/mol. The second-order valence-corrected chi connectivity index (χ2v) is 9.48. The van der Waals surface area contributed by atoms with Crippen LogP contribution in [0.3, 0.4) is 0 Å². The molecule has 4 unspecified atom stereocenters. The Bertz CT molecular complexity index is 790. The van der Waals surface area contributed by atoms with Gasteiger partial charge in [-0.1, -0.05) is 0 Å². The lowest BCUT2D eigenvalue weighted by Crippen LogP contribution is -2.50. The monoisotopic (exact) mass is 400 g/mol. The minimum Gasteiger partial charge on any atom is -0.354 e. The molecule has 5 aliphatic rings. The first-order valence-electron chi connectivity index (χ1n) is 9.56. The molecule has 5 rings (SSSR count). The van der Waals surface area contributed by atoms with Crippen LogP contribution >= 0.6 is 0 Å². The highest BCUT2D eigenvalue weighted by Crippen LogP contribution is 2.73. The Hall–Kier alpha value is -1.43. The maximum absolute atomic E-state index is 12.7. The van der Waals surface area contributed by atoms with E-state index in [9.17, 15) is 18.0 Å². The van der Waals surface area contributed by atoms with Crippen molar-refractivity contribution >= 4 is 22.3 Å². The molecule has 150 valence electrons.